The third-order valence-electron chi connectivity index (χ3n) is 3.47. The zero-order valence-corrected chi connectivity index (χ0v) is 13.9. The lowest BCUT2D eigenvalue weighted by atomic mass is 9.86. The van der Waals surface area contributed by atoms with E-state index in [1.165, 1.54) is 0 Å². The summed E-state index contributed by atoms with van der Waals surface area (Å²) in [6, 6.07) is 15.0. The minimum absolute atomic E-state index is 0.0355. The lowest BCUT2D eigenvalue weighted by Gasteiger charge is -2.23. The fourth-order valence-corrected chi connectivity index (χ4v) is 2.30. The Bertz CT molecular complexity index is 682. The molecule has 0 fully saturated rings. The maximum absolute atomic E-state index is 12.5. The second-order valence-corrected chi connectivity index (χ2v) is 6.37. The van der Waals surface area contributed by atoms with E-state index in [0.717, 1.165) is 17.0 Å². The molecule has 0 unspecified atom stereocenters. The second-order valence-electron chi connectivity index (χ2n) is 6.37. The number of ether oxygens (including phenoxy) is 1. The summed E-state index contributed by atoms with van der Waals surface area (Å²) in [7, 11) is 0. The molecule has 3 nitrogen and oxygen atoms in total. The molecule has 1 amide bonds. The van der Waals surface area contributed by atoms with Gasteiger partial charge in [-0.15, -0.1) is 0 Å². The Hall–Kier alpha value is -2.55. The lowest BCUT2D eigenvalue weighted by molar-refractivity contribution is 0.102. The molecule has 23 heavy (non-hydrogen) atoms. The van der Waals surface area contributed by atoms with E-state index in [-0.39, 0.29) is 11.3 Å². The first-order valence-electron chi connectivity index (χ1n) is 7.66. The maximum atomic E-state index is 12.5. The van der Waals surface area contributed by atoms with E-state index >= 15 is 0 Å². The van der Waals surface area contributed by atoms with E-state index in [0.29, 0.717) is 12.2 Å². The predicted octanol–water partition coefficient (Wildman–Crippen LogP) is 4.80. The highest BCUT2D eigenvalue weighted by Crippen LogP contribution is 2.29. The molecule has 2 rings (SSSR count). The van der Waals surface area contributed by atoms with Crippen molar-refractivity contribution in [2.45, 2.75) is 26.2 Å². The van der Waals surface area contributed by atoms with Crippen LogP contribution < -0.4 is 10.1 Å². The normalized spacial score (nSPS) is 10.9. The first kappa shape index (κ1) is 16.8. The number of hydrogen-bond acceptors (Lipinski definition) is 2. The van der Waals surface area contributed by atoms with Crippen LogP contribution in [0.3, 0.4) is 0 Å². The molecule has 0 aromatic heterocycles. The highest BCUT2D eigenvalue weighted by atomic mass is 16.5. The van der Waals surface area contributed by atoms with Crippen LogP contribution in [0.15, 0.2) is 61.2 Å². The number of para-hydroxylation sites is 1. The van der Waals surface area contributed by atoms with Gasteiger partial charge in [-0.3, -0.25) is 4.79 Å². The molecule has 0 heterocycles. The zero-order valence-electron chi connectivity index (χ0n) is 13.9. The highest BCUT2D eigenvalue weighted by molar-refractivity contribution is 6.04. The third kappa shape index (κ3) is 4.46. The predicted molar refractivity (Wildman–Crippen MR) is 95.2 cm³/mol. The molecule has 1 N–H and O–H groups in total. The Morgan fingerprint density at radius 1 is 1.13 bits per heavy atom. The molecule has 0 saturated heterocycles. The fraction of sp³-hybridized carbons (Fsp3) is 0.250. The van der Waals surface area contributed by atoms with Crippen LogP contribution in [0.2, 0.25) is 0 Å². The van der Waals surface area contributed by atoms with Crippen molar-refractivity contribution in [3.63, 3.8) is 0 Å². The number of benzene rings is 2. The molecule has 0 radical (unpaired) electrons. The molecule has 3 heteroatoms. The van der Waals surface area contributed by atoms with Crippen molar-refractivity contribution in [3.05, 3.63) is 72.3 Å². The zero-order chi connectivity index (χ0) is 16.9. The van der Waals surface area contributed by atoms with Crippen LogP contribution in [0, 0.1) is 0 Å². The summed E-state index contributed by atoms with van der Waals surface area (Å²) in [6.45, 7) is 10.4. The van der Waals surface area contributed by atoms with Crippen LogP contribution in [-0.2, 0) is 5.41 Å². The van der Waals surface area contributed by atoms with Gasteiger partial charge in [-0.25, -0.2) is 0 Å². The Morgan fingerprint density at radius 3 is 2.39 bits per heavy atom. The van der Waals surface area contributed by atoms with Crippen molar-refractivity contribution in [3.8, 4) is 5.75 Å². The first-order chi connectivity index (χ1) is 10.9. The van der Waals surface area contributed by atoms with E-state index < -0.39 is 0 Å². The van der Waals surface area contributed by atoms with E-state index in [2.05, 4.69) is 32.7 Å². The summed E-state index contributed by atoms with van der Waals surface area (Å²) in [6.07, 6.45) is 1.68. The number of hydrogen-bond donors (Lipinski definition) is 1. The number of amides is 1. The van der Waals surface area contributed by atoms with Crippen molar-refractivity contribution in [2.24, 2.45) is 0 Å². The summed E-state index contributed by atoms with van der Waals surface area (Å²) in [5.74, 6) is 0.591. The fourth-order valence-electron chi connectivity index (χ4n) is 2.30. The Morgan fingerprint density at radius 2 is 1.78 bits per heavy atom. The second kappa shape index (κ2) is 7.14. The van der Waals surface area contributed by atoms with Gasteiger partial charge in [0.2, 0.25) is 0 Å². The number of rotatable bonds is 5. The molecular weight excluding hydrogens is 286 g/mol. The first-order valence-corrected chi connectivity index (χ1v) is 7.66. The van der Waals surface area contributed by atoms with E-state index in [1.807, 2.05) is 24.3 Å². The van der Waals surface area contributed by atoms with Crippen molar-refractivity contribution in [1.82, 2.24) is 0 Å². The largest absolute Gasteiger partial charge is 0.490 e. The van der Waals surface area contributed by atoms with Crippen LogP contribution >= 0.6 is 0 Å². The molecule has 0 aliphatic carbocycles. The van der Waals surface area contributed by atoms with Gasteiger partial charge in [0, 0.05) is 11.3 Å². The lowest BCUT2D eigenvalue weighted by Crippen LogP contribution is -2.18. The number of carbonyl (C=O) groups is 1. The molecule has 0 aliphatic rings. The number of nitrogens with one attached hydrogen (secondary N) is 1. The van der Waals surface area contributed by atoms with Crippen molar-refractivity contribution in [2.75, 3.05) is 11.9 Å². The topological polar surface area (TPSA) is 38.3 Å². The summed E-state index contributed by atoms with van der Waals surface area (Å²) < 4.78 is 5.42. The molecule has 2 aromatic rings. The van der Waals surface area contributed by atoms with Crippen LogP contribution in [0.25, 0.3) is 0 Å². The average molecular weight is 309 g/mol. The molecule has 120 valence electrons. The van der Waals surface area contributed by atoms with Crippen LogP contribution in [0.5, 0.6) is 5.75 Å². The van der Waals surface area contributed by atoms with Gasteiger partial charge in [0.05, 0.1) is 0 Å². The summed E-state index contributed by atoms with van der Waals surface area (Å²) in [5.41, 5.74) is 2.52. The standard InChI is InChI=1S/C20H23NO2/c1-5-14-23-16-12-10-15(11-13-16)19(22)21-18-9-7-6-8-17(18)20(2,3)4/h5-13H,1,14H2,2-4H3,(H,21,22). The van der Waals surface area contributed by atoms with Crippen LogP contribution in [0.4, 0.5) is 5.69 Å². The Labute approximate surface area is 138 Å². The average Bonchev–Trinajstić information content (AvgIpc) is 2.53. The molecule has 0 aliphatic heterocycles. The maximum Gasteiger partial charge on any atom is 0.255 e. The minimum atomic E-state index is -0.128. The van der Waals surface area contributed by atoms with Gasteiger partial charge in [0.15, 0.2) is 0 Å². The SMILES string of the molecule is C=CCOc1ccc(C(=O)Nc2ccccc2C(C)(C)C)cc1. The van der Waals surface area contributed by atoms with Crippen LogP contribution in [-0.4, -0.2) is 12.5 Å². The number of carbonyl (C=O) groups excluding carboxylic acids is 1. The van der Waals surface area contributed by atoms with Gasteiger partial charge < -0.3 is 10.1 Å². The van der Waals surface area contributed by atoms with E-state index in [9.17, 15) is 4.79 Å². The van der Waals surface area contributed by atoms with Gasteiger partial charge in [-0.1, -0.05) is 51.6 Å². The van der Waals surface area contributed by atoms with Crippen molar-refractivity contribution in [1.29, 1.82) is 0 Å². The van der Waals surface area contributed by atoms with Crippen molar-refractivity contribution >= 4 is 11.6 Å². The van der Waals surface area contributed by atoms with Gasteiger partial charge >= 0.3 is 0 Å². The molecular formula is C20H23NO2. The summed E-state index contributed by atoms with van der Waals surface area (Å²) in [5, 5.41) is 3.00. The molecule has 2 aromatic carbocycles. The molecule has 0 saturated carbocycles. The molecule has 0 spiro atoms. The van der Waals surface area contributed by atoms with Gasteiger partial charge in [0.25, 0.3) is 5.91 Å². The quantitative estimate of drug-likeness (QED) is 0.806. The number of anilines is 1. The van der Waals surface area contributed by atoms with E-state index in [1.54, 1.807) is 30.3 Å². The Balaban J connectivity index is 2.15. The van der Waals surface area contributed by atoms with E-state index in [4.69, 9.17) is 4.74 Å². The van der Waals surface area contributed by atoms with Gasteiger partial charge in [0.1, 0.15) is 12.4 Å². The monoisotopic (exact) mass is 309 g/mol. The van der Waals surface area contributed by atoms with Gasteiger partial charge in [-0.05, 0) is 41.3 Å². The highest BCUT2D eigenvalue weighted by Gasteiger charge is 2.18. The summed E-state index contributed by atoms with van der Waals surface area (Å²) >= 11 is 0. The summed E-state index contributed by atoms with van der Waals surface area (Å²) in [4.78, 5) is 12.5. The van der Waals surface area contributed by atoms with Gasteiger partial charge in [-0.2, -0.15) is 0 Å². The molecule has 0 bridgehead atoms. The smallest absolute Gasteiger partial charge is 0.255 e. The minimum Gasteiger partial charge on any atom is -0.490 e. The van der Waals surface area contributed by atoms with Crippen LogP contribution in [0.1, 0.15) is 36.7 Å². The third-order valence-corrected chi connectivity index (χ3v) is 3.47. The molecule has 0 atom stereocenters. The Kier molecular flexibility index (Phi) is 5.22. The van der Waals surface area contributed by atoms with Crippen molar-refractivity contribution < 1.29 is 9.53 Å².